The maximum absolute atomic E-state index is 13.2. The Morgan fingerprint density at radius 2 is 1.21 bits per heavy atom. The normalized spacial score (nSPS) is 12.7. The monoisotopic (exact) mass is 421 g/mol. The van der Waals surface area contributed by atoms with Gasteiger partial charge in [-0.25, -0.2) is 0 Å². The fourth-order valence-corrected chi connectivity index (χ4v) is 3.40. The zero-order valence-corrected chi connectivity index (χ0v) is 19.2. The molecule has 1 aromatic carbocycles. The van der Waals surface area contributed by atoms with Crippen LogP contribution in [0.25, 0.3) is 0 Å². The molecular weight excluding hydrogens is 383 g/mol. The van der Waals surface area contributed by atoms with Crippen LogP contribution in [0.5, 0.6) is 0 Å². The molecule has 0 radical (unpaired) electrons. The zero-order valence-electron chi connectivity index (χ0n) is 18.5. The van der Waals surface area contributed by atoms with Gasteiger partial charge in [-0.15, -0.1) is 0 Å². The largest absolute Gasteiger partial charge is 1.00 e. The topological polar surface area (TPSA) is 0 Å². The highest BCUT2D eigenvalue weighted by molar-refractivity contribution is 5.25. The van der Waals surface area contributed by atoms with Crippen LogP contribution in [-0.2, 0) is 12.7 Å². The van der Waals surface area contributed by atoms with E-state index in [9.17, 15) is 13.2 Å². The van der Waals surface area contributed by atoms with Gasteiger partial charge in [0, 0.05) is 5.56 Å². The lowest BCUT2D eigenvalue weighted by Crippen LogP contribution is -3.00. The molecule has 164 valence electrons. The average molecular weight is 422 g/mol. The van der Waals surface area contributed by atoms with E-state index in [-0.39, 0.29) is 12.4 Å². The van der Waals surface area contributed by atoms with Crippen molar-refractivity contribution in [2.24, 2.45) is 17.8 Å². The quantitative estimate of drug-likeness (QED) is 0.470. The second-order valence-corrected chi connectivity index (χ2v) is 9.42. The lowest BCUT2D eigenvalue weighted by Gasteiger charge is -2.41. The van der Waals surface area contributed by atoms with Crippen molar-refractivity contribution in [2.75, 3.05) is 19.6 Å². The van der Waals surface area contributed by atoms with Crippen LogP contribution in [0.15, 0.2) is 24.3 Å². The number of alkyl halides is 3. The van der Waals surface area contributed by atoms with Crippen LogP contribution in [-0.4, -0.2) is 24.1 Å². The summed E-state index contributed by atoms with van der Waals surface area (Å²) in [5.41, 5.74) is 0.274. The van der Waals surface area contributed by atoms with Crippen LogP contribution in [0.4, 0.5) is 13.2 Å². The van der Waals surface area contributed by atoms with Gasteiger partial charge in [0.05, 0.1) is 25.2 Å². The molecular formula is C23H39ClF3N. The summed E-state index contributed by atoms with van der Waals surface area (Å²) in [5.74, 6) is 1.80. The van der Waals surface area contributed by atoms with Crippen molar-refractivity contribution in [3.63, 3.8) is 0 Å². The molecule has 0 aromatic heterocycles. The van der Waals surface area contributed by atoms with Crippen LogP contribution < -0.4 is 12.4 Å². The fraction of sp³-hybridized carbons (Fsp3) is 0.739. The predicted octanol–water partition coefficient (Wildman–Crippen LogP) is 4.16. The third-order valence-electron chi connectivity index (χ3n) is 5.31. The highest BCUT2D eigenvalue weighted by Gasteiger charge is 2.32. The van der Waals surface area contributed by atoms with Crippen LogP contribution in [0.1, 0.15) is 71.9 Å². The van der Waals surface area contributed by atoms with Gasteiger partial charge in [-0.1, -0.05) is 53.7 Å². The van der Waals surface area contributed by atoms with Gasteiger partial charge >= 0.3 is 6.18 Å². The molecule has 0 heterocycles. The first-order valence-corrected chi connectivity index (χ1v) is 10.4. The molecule has 1 aromatic rings. The third-order valence-corrected chi connectivity index (χ3v) is 5.31. The van der Waals surface area contributed by atoms with Gasteiger partial charge in [-0.3, -0.25) is 0 Å². The molecule has 0 amide bonds. The summed E-state index contributed by atoms with van der Waals surface area (Å²) in [4.78, 5) is 0. The lowest BCUT2D eigenvalue weighted by molar-refractivity contribution is -0.942. The molecule has 28 heavy (non-hydrogen) atoms. The second-order valence-electron chi connectivity index (χ2n) is 9.42. The Morgan fingerprint density at radius 3 is 1.57 bits per heavy atom. The maximum Gasteiger partial charge on any atom is 0.416 e. The van der Waals surface area contributed by atoms with Gasteiger partial charge in [-0.2, -0.15) is 13.2 Å². The second kappa shape index (κ2) is 12.1. The summed E-state index contributed by atoms with van der Waals surface area (Å²) in [6, 6.07) is 5.95. The van der Waals surface area contributed by atoms with E-state index < -0.39 is 11.7 Å². The number of nitrogens with zero attached hydrogens (tertiary/aromatic N) is 1. The molecule has 1 nitrogen and oxygen atoms in total. The number of hydrogen-bond donors (Lipinski definition) is 0. The van der Waals surface area contributed by atoms with Crippen LogP contribution in [0.2, 0.25) is 0 Å². The van der Waals surface area contributed by atoms with Crippen LogP contribution >= 0.6 is 0 Å². The molecule has 0 atom stereocenters. The first-order chi connectivity index (χ1) is 12.4. The summed E-state index contributed by atoms with van der Waals surface area (Å²) in [6.45, 7) is 17.2. The molecule has 0 saturated heterocycles. The standard InChI is InChI=1S/C23H39F3N.ClH/c1-18(2)10-13-27(14-11-19(3)4,15-12-20(5)6)17-21-8-7-9-22(16-21)23(24,25)26;/h7-9,16,18-20H,10-15,17H2,1-6H3;1H/q+1;/p-1. The van der Waals surface area contributed by atoms with Gasteiger partial charge in [0.2, 0.25) is 0 Å². The first-order valence-electron chi connectivity index (χ1n) is 10.4. The summed E-state index contributed by atoms with van der Waals surface area (Å²) in [7, 11) is 0. The number of benzene rings is 1. The van der Waals surface area contributed by atoms with Crippen molar-refractivity contribution in [3.8, 4) is 0 Å². The van der Waals surface area contributed by atoms with E-state index in [1.165, 1.54) is 12.1 Å². The third kappa shape index (κ3) is 10.2. The molecule has 0 spiro atoms. The molecule has 0 aliphatic carbocycles. The summed E-state index contributed by atoms with van der Waals surface area (Å²) < 4.78 is 40.4. The smallest absolute Gasteiger partial charge is 0.416 e. The SMILES string of the molecule is CC(C)CC[N+](CCC(C)C)(CCC(C)C)Cc1cccc(C(F)(F)F)c1.[Cl-]. The van der Waals surface area contributed by atoms with Gasteiger partial charge in [0.1, 0.15) is 6.54 Å². The van der Waals surface area contributed by atoms with Crippen molar-refractivity contribution >= 4 is 0 Å². The van der Waals surface area contributed by atoms with Gasteiger partial charge < -0.3 is 16.9 Å². The van der Waals surface area contributed by atoms with Crippen molar-refractivity contribution in [1.82, 2.24) is 0 Å². The summed E-state index contributed by atoms with van der Waals surface area (Å²) >= 11 is 0. The molecule has 1 rings (SSSR count). The van der Waals surface area contributed by atoms with Crippen molar-refractivity contribution in [2.45, 2.75) is 73.5 Å². The van der Waals surface area contributed by atoms with Gasteiger partial charge in [-0.05, 0) is 49.1 Å². The van der Waals surface area contributed by atoms with Crippen molar-refractivity contribution in [1.29, 1.82) is 0 Å². The van der Waals surface area contributed by atoms with Crippen LogP contribution in [0, 0.1) is 17.8 Å². The average Bonchev–Trinajstić information content (AvgIpc) is 2.55. The van der Waals surface area contributed by atoms with E-state index >= 15 is 0 Å². The molecule has 5 heteroatoms. The van der Waals surface area contributed by atoms with Crippen molar-refractivity contribution in [3.05, 3.63) is 35.4 Å². The molecule has 0 saturated carbocycles. The Labute approximate surface area is 176 Å². The minimum Gasteiger partial charge on any atom is -1.00 e. The minimum atomic E-state index is -4.28. The number of rotatable bonds is 11. The Morgan fingerprint density at radius 1 is 0.786 bits per heavy atom. The molecule has 0 aliphatic heterocycles. The molecule has 0 fully saturated rings. The van der Waals surface area contributed by atoms with E-state index in [4.69, 9.17) is 0 Å². The zero-order chi connectivity index (χ0) is 20.7. The molecule has 0 unspecified atom stereocenters. The maximum atomic E-state index is 13.2. The molecule has 0 N–H and O–H groups in total. The van der Waals surface area contributed by atoms with Crippen molar-refractivity contribution < 1.29 is 30.1 Å². The number of quaternary nitrogens is 1. The highest BCUT2D eigenvalue weighted by Crippen LogP contribution is 2.31. The Bertz CT molecular complexity index is 522. The van der Waals surface area contributed by atoms with E-state index in [1.807, 2.05) is 6.07 Å². The molecule has 0 aliphatic rings. The fourth-order valence-electron chi connectivity index (χ4n) is 3.40. The van der Waals surface area contributed by atoms with E-state index in [1.54, 1.807) is 6.07 Å². The number of hydrogen-bond acceptors (Lipinski definition) is 0. The Hall–Kier alpha value is -0.740. The first kappa shape index (κ1) is 27.3. The summed E-state index contributed by atoms with van der Waals surface area (Å²) in [5, 5.41) is 0. The van der Waals surface area contributed by atoms with E-state index in [0.29, 0.717) is 24.3 Å². The highest BCUT2D eigenvalue weighted by atomic mass is 35.5. The minimum absolute atomic E-state index is 0. The number of halogens is 4. The van der Waals surface area contributed by atoms with Crippen LogP contribution in [0.3, 0.4) is 0 Å². The predicted molar refractivity (Wildman–Crippen MR) is 108 cm³/mol. The Balaban J connectivity index is 0.00000729. The van der Waals surface area contributed by atoms with E-state index in [2.05, 4.69) is 41.5 Å². The molecule has 0 bridgehead atoms. The summed E-state index contributed by atoms with van der Waals surface area (Å²) in [6.07, 6.45) is -0.959. The van der Waals surface area contributed by atoms with Gasteiger partial charge in [0.25, 0.3) is 0 Å². The lowest BCUT2D eigenvalue weighted by atomic mass is 10.0. The van der Waals surface area contributed by atoms with Gasteiger partial charge in [0.15, 0.2) is 0 Å². The van der Waals surface area contributed by atoms with E-state index in [0.717, 1.165) is 48.9 Å². The Kier molecular flexibility index (Phi) is 11.8.